The van der Waals surface area contributed by atoms with Gasteiger partial charge in [-0.3, -0.25) is 14.5 Å². The fourth-order valence-electron chi connectivity index (χ4n) is 3.35. The van der Waals surface area contributed by atoms with Gasteiger partial charge < -0.3 is 10.1 Å². The minimum atomic E-state index is -0.605. The first kappa shape index (κ1) is 24.1. The van der Waals surface area contributed by atoms with Crippen LogP contribution in [0.4, 0.5) is 11.4 Å². The minimum absolute atomic E-state index is 0.00673. The predicted octanol–water partition coefficient (Wildman–Crippen LogP) is 6.16. The average molecular weight is 514 g/mol. The molecule has 1 saturated heterocycles. The fourth-order valence-corrected chi connectivity index (χ4v) is 4.83. The highest BCUT2D eigenvalue weighted by Crippen LogP contribution is 2.34. The van der Waals surface area contributed by atoms with Gasteiger partial charge in [-0.2, -0.15) is 0 Å². The first-order valence-electron chi connectivity index (χ1n) is 10.4. The molecule has 9 heteroatoms. The van der Waals surface area contributed by atoms with Gasteiger partial charge in [-0.15, -0.1) is 0 Å². The zero-order valence-electron chi connectivity index (χ0n) is 18.2. The average Bonchev–Trinajstić information content (AvgIpc) is 3.11. The van der Waals surface area contributed by atoms with Gasteiger partial charge in [0.15, 0.2) is 5.17 Å². The van der Waals surface area contributed by atoms with Gasteiger partial charge in [0.05, 0.1) is 19.3 Å². The summed E-state index contributed by atoms with van der Waals surface area (Å²) in [5.74, 6) is 0.253. The lowest BCUT2D eigenvalue weighted by molar-refractivity contribution is -0.128. The Morgan fingerprint density at radius 2 is 1.76 bits per heavy atom. The third-order valence-corrected chi connectivity index (χ3v) is 6.90. The molecule has 1 aliphatic heterocycles. The molecule has 0 spiro atoms. The molecule has 0 radical (unpaired) electrons. The lowest BCUT2D eigenvalue weighted by Gasteiger charge is -2.17. The Kier molecular flexibility index (Phi) is 7.77. The van der Waals surface area contributed by atoms with Crippen LogP contribution in [0.5, 0.6) is 5.75 Å². The summed E-state index contributed by atoms with van der Waals surface area (Å²) in [7, 11) is 1.59. The van der Waals surface area contributed by atoms with E-state index in [-0.39, 0.29) is 24.8 Å². The van der Waals surface area contributed by atoms with Crippen molar-refractivity contribution in [3.8, 4) is 5.75 Å². The molecule has 1 N–H and O–H groups in total. The molecule has 3 aromatic carbocycles. The van der Waals surface area contributed by atoms with Crippen molar-refractivity contribution in [2.75, 3.05) is 12.4 Å². The molecule has 6 nitrogen and oxygen atoms in total. The van der Waals surface area contributed by atoms with Crippen molar-refractivity contribution in [2.45, 2.75) is 18.2 Å². The largest absolute Gasteiger partial charge is 0.497 e. The first-order chi connectivity index (χ1) is 16.4. The zero-order chi connectivity index (χ0) is 24.1. The number of carbonyl (C=O) groups excluding carboxylic acids is 2. The van der Waals surface area contributed by atoms with Gasteiger partial charge in [0.1, 0.15) is 11.0 Å². The van der Waals surface area contributed by atoms with E-state index in [2.05, 4.69) is 10.3 Å². The highest BCUT2D eigenvalue weighted by atomic mass is 35.5. The quantitative estimate of drug-likeness (QED) is 0.410. The van der Waals surface area contributed by atoms with Crippen molar-refractivity contribution in [1.82, 2.24) is 4.90 Å². The van der Waals surface area contributed by atoms with Crippen LogP contribution < -0.4 is 10.1 Å². The van der Waals surface area contributed by atoms with Crippen LogP contribution in [0.3, 0.4) is 0 Å². The van der Waals surface area contributed by atoms with E-state index < -0.39 is 5.25 Å². The smallest absolute Gasteiger partial charge is 0.242 e. The number of halogens is 2. The molecule has 0 aromatic heterocycles. The van der Waals surface area contributed by atoms with Crippen LogP contribution in [-0.4, -0.2) is 34.2 Å². The Morgan fingerprint density at radius 3 is 2.44 bits per heavy atom. The molecule has 4 rings (SSSR count). The summed E-state index contributed by atoms with van der Waals surface area (Å²) < 4.78 is 5.20. The number of amides is 2. The molecular formula is C25H21Cl2N3O3S. The predicted molar refractivity (Wildman–Crippen MR) is 138 cm³/mol. The third kappa shape index (κ3) is 5.91. The van der Waals surface area contributed by atoms with E-state index in [0.717, 1.165) is 5.56 Å². The zero-order valence-corrected chi connectivity index (χ0v) is 20.5. The minimum Gasteiger partial charge on any atom is -0.497 e. The van der Waals surface area contributed by atoms with Gasteiger partial charge in [-0.1, -0.05) is 53.2 Å². The maximum Gasteiger partial charge on any atom is 0.242 e. The van der Waals surface area contributed by atoms with Crippen LogP contribution in [0.25, 0.3) is 0 Å². The van der Waals surface area contributed by atoms with Crippen LogP contribution >= 0.6 is 35.0 Å². The topological polar surface area (TPSA) is 71.0 Å². The molecule has 174 valence electrons. The highest BCUT2D eigenvalue weighted by Gasteiger charge is 2.39. The molecule has 1 atom stereocenters. The van der Waals surface area contributed by atoms with Crippen LogP contribution in [-0.2, 0) is 16.1 Å². The normalized spacial score (nSPS) is 16.7. The number of thioether (sulfide) groups is 1. The number of ether oxygens (including phenoxy) is 1. The number of hydrogen-bond acceptors (Lipinski definition) is 5. The number of anilines is 1. The number of nitrogens with one attached hydrogen (secondary N) is 1. The second-order valence-electron chi connectivity index (χ2n) is 7.47. The molecule has 1 fully saturated rings. The lowest BCUT2D eigenvalue weighted by Crippen LogP contribution is -2.33. The van der Waals surface area contributed by atoms with Crippen LogP contribution in [0.1, 0.15) is 12.0 Å². The van der Waals surface area contributed by atoms with Gasteiger partial charge in [-0.05, 0) is 60.2 Å². The molecule has 0 aliphatic carbocycles. The monoisotopic (exact) mass is 513 g/mol. The van der Waals surface area contributed by atoms with E-state index in [0.29, 0.717) is 32.3 Å². The second-order valence-corrected chi connectivity index (χ2v) is 9.49. The molecule has 2 amide bonds. The van der Waals surface area contributed by atoms with Crippen LogP contribution in [0, 0.1) is 0 Å². The molecular weight excluding hydrogens is 493 g/mol. The fraction of sp³-hybridized carbons (Fsp3) is 0.160. The Labute approximate surface area is 211 Å². The SMILES string of the molecule is COc1ccc(N=C2S[C@@H](CC(=O)Nc3ccc(Cl)cc3)C(=O)N2Cc2ccccc2Cl)cc1. The number of nitrogens with zero attached hydrogens (tertiary/aromatic N) is 2. The molecule has 0 unspecified atom stereocenters. The number of methoxy groups -OCH3 is 1. The number of benzene rings is 3. The van der Waals surface area contributed by atoms with Gasteiger partial charge in [0.2, 0.25) is 11.8 Å². The second kappa shape index (κ2) is 11.0. The molecule has 0 bridgehead atoms. The summed E-state index contributed by atoms with van der Waals surface area (Å²) >= 11 is 13.5. The standard InChI is InChI=1S/C25H21Cl2N3O3S/c1-33-20-12-10-19(11-13-20)29-25-30(15-16-4-2-3-5-21(16)27)24(32)22(34-25)14-23(31)28-18-8-6-17(26)7-9-18/h2-13,22H,14-15H2,1H3,(H,28,31)/t22-/m0/s1. The molecule has 34 heavy (non-hydrogen) atoms. The summed E-state index contributed by atoms with van der Waals surface area (Å²) in [4.78, 5) is 32.2. The van der Waals surface area contributed by atoms with Gasteiger partial charge >= 0.3 is 0 Å². The van der Waals surface area contributed by atoms with E-state index in [1.165, 1.54) is 11.8 Å². The van der Waals surface area contributed by atoms with Crippen molar-refractivity contribution in [1.29, 1.82) is 0 Å². The van der Waals surface area contributed by atoms with Gasteiger partial charge in [-0.25, -0.2) is 4.99 Å². The maximum atomic E-state index is 13.3. The summed E-state index contributed by atoms with van der Waals surface area (Å²) in [6.45, 7) is 0.260. The Hall–Kier alpha value is -3.00. The van der Waals surface area contributed by atoms with Crippen molar-refractivity contribution >= 4 is 63.3 Å². The van der Waals surface area contributed by atoms with Crippen LogP contribution in [0.2, 0.25) is 10.0 Å². The number of rotatable bonds is 7. The van der Waals surface area contributed by atoms with E-state index >= 15 is 0 Å². The van der Waals surface area contributed by atoms with Crippen molar-refractivity contribution in [3.63, 3.8) is 0 Å². The number of carbonyl (C=O) groups is 2. The van der Waals surface area contributed by atoms with Gasteiger partial charge in [0.25, 0.3) is 0 Å². The highest BCUT2D eigenvalue weighted by molar-refractivity contribution is 8.15. The number of aliphatic imine (C=N–C) groups is 1. The van der Waals surface area contributed by atoms with Crippen LogP contribution in [0.15, 0.2) is 77.8 Å². The van der Waals surface area contributed by atoms with E-state index in [1.807, 2.05) is 30.3 Å². The molecule has 0 saturated carbocycles. The lowest BCUT2D eigenvalue weighted by atomic mass is 10.2. The molecule has 3 aromatic rings. The number of hydrogen-bond donors (Lipinski definition) is 1. The Bertz CT molecular complexity index is 1220. The number of amidine groups is 1. The van der Waals surface area contributed by atoms with E-state index in [1.54, 1.807) is 54.5 Å². The third-order valence-electron chi connectivity index (χ3n) is 5.10. The van der Waals surface area contributed by atoms with Crippen molar-refractivity contribution < 1.29 is 14.3 Å². The summed E-state index contributed by atoms with van der Waals surface area (Å²) in [6, 6.07) is 21.4. The van der Waals surface area contributed by atoms with E-state index in [9.17, 15) is 9.59 Å². The first-order valence-corrected chi connectivity index (χ1v) is 12.1. The summed E-state index contributed by atoms with van der Waals surface area (Å²) in [5, 5.41) is 3.86. The summed E-state index contributed by atoms with van der Waals surface area (Å²) in [5.41, 5.74) is 2.09. The van der Waals surface area contributed by atoms with Crippen molar-refractivity contribution in [3.05, 3.63) is 88.4 Å². The van der Waals surface area contributed by atoms with E-state index in [4.69, 9.17) is 27.9 Å². The maximum absolute atomic E-state index is 13.3. The molecule has 1 aliphatic rings. The molecule has 1 heterocycles. The Balaban J connectivity index is 1.55. The van der Waals surface area contributed by atoms with Gasteiger partial charge in [0, 0.05) is 22.2 Å². The summed E-state index contributed by atoms with van der Waals surface area (Å²) in [6.07, 6.45) is 0.00673. The Morgan fingerprint density at radius 1 is 1.06 bits per heavy atom. The van der Waals surface area contributed by atoms with Crippen molar-refractivity contribution in [2.24, 2.45) is 4.99 Å².